The number of guanidine groups is 1. The van der Waals surface area contributed by atoms with Crippen LogP contribution in [-0.4, -0.2) is 49.5 Å². The Bertz CT molecular complexity index is 690. The number of hydrogen-bond donors (Lipinski definition) is 2. The molecule has 1 unspecified atom stereocenters. The fourth-order valence-electron chi connectivity index (χ4n) is 4.15. The number of aliphatic imine (C=N–C) groups is 1. The van der Waals surface area contributed by atoms with Crippen LogP contribution >= 0.6 is 24.0 Å². The zero-order chi connectivity index (χ0) is 19.9. The monoisotopic (exact) mass is 520 g/mol. The fourth-order valence-corrected chi connectivity index (χ4v) is 4.15. The number of halogens is 3. The van der Waals surface area contributed by atoms with Gasteiger partial charge in [-0.15, -0.1) is 24.0 Å². The van der Waals surface area contributed by atoms with Gasteiger partial charge in [0.25, 0.3) is 0 Å². The summed E-state index contributed by atoms with van der Waals surface area (Å²) in [6.45, 7) is 1.82. The van der Waals surface area contributed by atoms with E-state index in [1.807, 2.05) is 4.90 Å². The van der Waals surface area contributed by atoms with Crippen molar-refractivity contribution in [1.29, 1.82) is 0 Å². The van der Waals surface area contributed by atoms with Gasteiger partial charge in [-0.1, -0.05) is 25.3 Å². The van der Waals surface area contributed by atoms with Gasteiger partial charge in [-0.3, -0.25) is 9.79 Å². The molecule has 0 radical (unpaired) electrons. The third-order valence-corrected chi connectivity index (χ3v) is 5.75. The Morgan fingerprint density at radius 3 is 2.52 bits per heavy atom. The van der Waals surface area contributed by atoms with E-state index in [0.717, 1.165) is 38.6 Å². The Labute approximate surface area is 188 Å². The minimum atomic E-state index is -0.530. The molecule has 1 aliphatic heterocycles. The highest BCUT2D eigenvalue weighted by molar-refractivity contribution is 14.0. The van der Waals surface area contributed by atoms with Crippen LogP contribution < -0.4 is 10.6 Å². The molecular weight excluding hydrogens is 489 g/mol. The molecule has 2 aliphatic rings. The predicted molar refractivity (Wildman–Crippen MR) is 122 cm³/mol. The van der Waals surface area contributed by atoms with E-state index in [0.29, 0.717) is 25.0 Å². The molecule has 2 N–H and O–H groups in total. The first-order chi connectivity index (χ1) is 13.6. The highest BCUT2D eigenvalue weighted by atomic mass is 127. The Morgan fingerprint density at radius 1 is 1.17 bits per heavy atom. The first-order valence-electron chi connectivity index (χ1n) is 10.3. The Hall–Kier alpha value is -1.45. The summed E-state index contributed by atoms with van der Waals surface area (Å²) in [5, 5.41) is 6.44. The number of nitrogens with zero attached hydrogens (tertiary/aromatic N) is 2. The lowest BCUT2D eigenvalue weighted by Crippen LogP contribution is -2.46. The quantitative estimate of drug-likeness (QED) is 0.355. The number of nitrogens with one attached hydrogen (secondary N) is 2. The summed E-state index contributed by atoms with van der Waals surface area (Å²) in [5.74, 6) is 0.0195. The van der Waals surface area contributed by atoms with Gasteiger partial charge in [0.1, 0.15) is 11.6 Å². The lowest BCUT2D eigenvalue weighted by molar-refractivity contribution is -0.135. The van der Waals surface area contributed by atoms with Crippen LogP contribution in [0.2, 0.25) is 0 Å². The molecule has 162 valence electrons. The second-order valence-electron chi connectivity index (χ2n) is 7.70. The number of likely N-dealkylation sites (tertiary alicyclic amines) is 1. The first-order valence-corrected chi connectivity index (χ1v) is 10.3. The first kappa shape index (κ1) is 23.8. The minimum Gasteiger partial charge on any atom is -0.356 e. The van der Waals surface area contributed by atoms with Gasteiger partial charge in [-0.05, 0) is 37.8 Å². The van der Waals surface area contributed by atoms with Crippen LogP contribution in [0.4, 0.5) is 8.78 Å². The summed E-state index contributed by atoms with van der Waals surface area (Å²) in [6, 6.07) is 4.04. The van der Waals surface area contributed by atoms with E-state index < -0.39 is 11.6 Å². The molecule has 1 aromatic carbocycles. The van der Waals surface area contributed by atoms with Crippen molar-refractivity contribution in [2.45, 2.75) is 51.0 Å². The van der Waals surface area contributed by atoms with Crippen LogP contribution in [0.1, 0.15) is 44.1 Å². The van der Waals surface area contributed by atoms with Gasteiger partial charge in [0.05, 0.1) is 0 Å². The van der Waals surface area contributed by atoms with E-state index in [1.165, 1.54) is 24.6 Å². The molecule has 1 aliphatic carbocycles. The number of benzene rings is 1. The molecule has 0 spiro atoms. The second-order valence-corrected chi connectivity index (χ2v) is 7.70. The summed E-state index contributed by atoms with van der Waals surface area (Å²) in [5.41, 5.74) is 0.0792. The smallest absolute Gasteiger partial charge is 0.225 e. The van der Waals surface area contributed by atoms with Crippen molar-refractivity contribution in [3.8, 4) is 0 Å². The predicted octanol–water partition coefficient (Wildman–Crippen LogP) is 3.47. The molecule has 5 nitrogen and oxygen atoms in total. The summed E-state index contributed by atoms with van der Waals surface area (Å²) in [6.07, 6.45) is 6.70. The van der Waals surface area contributed by atoms with Gasteiger partial charge in [-0.25, -0.2) is 8.78 Å². The molecule has 3 rings (SSSR count). The van der Waals surface area contributed by atoms with Crippen molar-refractivity contribution in [2.24, 2.45) is 10.9 Å². The van der Waals surface area contributed by atoms with Crippen molar-refractivity contribution in [3.05, 3.63) is 35.4 Å². The van der Waals surface area contributed by atoms with E-state index in [-0.39, 0.29) is 47.9 Å². The third kappa shape index (κ3) is 6.52. The van der Waals surface area contributed by atoms with Crippen molar-refractivity contribution in [3.63, 3.8) is 0 Å². The minimum absolute atomic E-state index is 0. The molecule has 8 heteroatoms. The topological polar surface area (TPSA) is 56.7 Å². The van der Waals surface area contributed by atoms with Gasteiger partial charge in [-0.2, -0.15) is 0 Å². The second kappa shape index (κ2) is 11.7. The molecule has 2 fully saturated rings. The third-order valence-electron chi connectivity index (χ3n) is 5.75. The van der Waals surface area contributed by atoms with Gasteiger partial charge >= 0.3 is 0 Å². The number of amides is 1. The van der Waals surface area contributed by atoms with E-state index in [9.17, 15) is 13.6 Å². The van der Waals surface area contributed by atoms with Crippen molar-refractivity contribution in [1.82, 2.24) is 15.5 Å². The zero-order valence-electron chi connectivity index (χ0n) is 16.9. The SMILES string of the molecule is CN=C(NCCc1c(F)cccc1F)NC1CCN(C(=O)C2CCCCC2)C1.I. The Kier molecular flexibility index (Phi) is 9.58. The molecule has 1 heterocycles. The van der Waals surface area contributed by atoms with E-state index in [2.05, 4.69) is 15.6 Å². The van der Waals surface area contributed by atoms with Gasteiger partial charge < -0.3 is 15.5 Å². The van der Waals surface area contributed by atoms with Crippen molar-refractivity contribution >= 4 is 35.8 Å². The average Bonchev–Trinajstić information content (AvgIpc) is 3.18. The number of hydrogen-bond acceptors (Lipinski definition) is 2. The molecule has 1 saturated carbocycles. The largest absolute Gasteiger partial charge is 0.356 e. The van der Waals surface area contributed by atoms with Crippen molar-refractivity contribution < 1.29 is 13.6 Å². The molecule has 1 atom stereocenters. The molecule has 29 heavy (non-hydrogen) atoms. The van der Waals surface area contributed by atoms with Gasteiger partial charge in [0.2, 0.25) is 5.91 Å². The standard InChI is InChI=1S/C21H30F2N4O.HI/c1-24-21(25-12-10-17-18(22)8-5-9-19(17)23)26-16-11-13-27(14-16)20(28)15-6-3-2-4-7-15;/h5,8-9,15-16H,2-4,6-7,10-14H2,1H3,(H2,24,25,26);1H. The van der Waals surface area contributed by atoms with Gasteiger partial charge in [0.15, 0.2) is 5.96 Å². The van der Waals surface area contributed by atoms with Crippen LogP contribution in [-0.2, 0) is 11.2 Å². The normalized spacial score (nSPS) is 20.3. The van der Waals surface area contributed by atoms with Gasteiger partial charge in [0, 0.05) is 44.2 Å². The van der Waals surface area contributed by atoms with Crippen LogP contribution in [0.15, 0.2) is 23.2 Å². The molecule has 0 aromatic heterocycles. The summed E-state index contributed by atoms with van der Waals surface area (Å²) in [4.78, 5) is 18.8. The number of rotatable bonds is 5. The van der Waals surface area contributed by atoms with E-state index in [4.69, 9.17) is 0 Å². The van der Waals surface area contributed by atoms with Crippen molar-refractivity contribution in [2.75, 3.05) is 26.7 Å². The van der Waals surface area contributed by atoms with Crippen LogP contribution in [0.25, 0.3) is 0 Å². The molecule has 1 aromatic rings. The molecular formula is C21H31F2IN4O. The average molecular weight is 520 g/mol. The maximum atomic E-state index is 13.7. The number of carbonyl (C=O) groups excluding carboxylic acids is 1. The maximum absolute atomic E-state index is 13.7. The lowest BCUT2D eigenvalue weighted by atomic mass is 9.88. The number of carbonyl (C=O) groups is 1. The van der Waals surface area contributed by atoms with Crippen LogP contribution in [0.3, 0.4) is 0 Å². The van der Waals surface area contributed by atoms with Crippen LogP contribution in [0, 0.1) is 17.6 Å². The molecule has 1 amide bonds. The Balaban J connectivity index is 0.00000300. The fraction of sp³-hybridized carbons (Fsp3) is 0.619. The summed E-state index contributed by atoms with van der Waals surface area (Å²) in [7, 11) is 1.67. The molecule has 0 bridgehead atoms. The highest BCUT2D eigenvalue weighted by Gasteiger charge is 2.31. The Morgan fingerprint density at radius 2 is 1.86 bits per heavy atom. The van der Waals surface area contributed by atoms with E-state index in [1.54, 1.807) is 7.05 Å². The molecule has 1 saturated heterocycles. The van der Waals surface area contributed by atoms with E-state index >= 15 is 0 Å². The summed E-state index contributed by atoms with van der Waals surface area (Å²) < 4.78 is 27.4. The zero-order valence-corrected chi connectivity index (χ0v) is 19.3. The highest BCUT2D eigenvalue weighted by Crippen LogP contribution is 2.26. The lowest BCUT2D eigenvalue weighted by Gasteiger charge is -2.26. The van der Waals surface area contributed by atoms with Crippen LogP contribution in [0.5, 0.6) is 0 Å². The summed E-state index contributed by atoms with van der Waals surface area (Å²) >= 11 is 0. The maximum Gasteiger partial charge on any atom is 0.225 e.